The number of sulfonamides is 2. The predicted molar refractivity (Wildman–Crippen MR) is 282 cm³/mol. The number of alkyl carbamates (subject to hydrolysis) is 1. The van der Waals surface area contributed by atoms with Gasteiger partial charge in [0.05, 0.1) is 22.5 Å². The van der Waals surface area contributed by atoms with Crippen LogP contribution in [0, 0.1) is 41.5 Å². The lowest BCUT2D eigenvalue weighted by atomic mass is 9.94. The second kappa shape index (κ2) is 22.1. The molecule has 0 saturated heterocycles. The third kappa shape index (κ3) is 12.0. The molecule has 4 aromatic carbocycles. The number of benzene rings is 4. The number of aliphatic imine (C=N–C) groups is 2. The van der Waals surface area contributed by atoms with Crippen LogP contribution in [0.5, 0.6) is 11.5 Å². The number of ether oxygens (including phenoxy) is 3. The van der Waals surface area contributed by atoms with Gasteiger partial charge in [0.2, 0.25) is 5.91 Å². The number of hydrogen-bond donors (Lipinski definition) is 7. The van der Waals surface area contributed by atoms with Gasteiger partial charge in [0.25, 0.3) is 20.0 Å². The molecule has 2 aliphatic heterocycles. The number of carboxylic acid groups (broad SMARTS) is 1. The number of carbonyl (C=O) groups excluding carboxylic acids is 2. The Kier molecular flexibility index (Phi) is 16.5. The van der Waals surface area contributed by atoms with Crippen molar-refractivity contribution in [3.63, 3.8) is 0 Å². The summed E-state index contributed by atoms with van der Waals surface area (Å²) in [6.07, 6.45) is 2.96. The van der Waals surface area contributed by atoms with Crippen LogP contribution < -0.4 is 40.6 Å². The summed E-state index contributed by atoms with van der Waals surface area (Å²) in [6, 6.07) is 13.1. The highest BCUT2D eigenvalue weighted by molar-refractivity contribution is 7.89. The molecule has 0 radical (unpaired) electrons. The number of nitrogens with zero attached hydrogens (tertiary/aromatic N) is 2. The summed E-state index contributed by atoms with van der Waals surface area (Å²) in [4.78, 5) is 53.2. The quantitative estimate of drug-likeness (QED) is 0.0197. The van der Waals surface area contributed by atoms with Gasteiger partial charge in [0.15, 0.2) is 0 Å². The van der Waals surface area contributed by atoms with Gasteiger partial charge in [-0.2, -0.15) is 0 Å². The number of rotatable bonds is 22. The molecule has 0 aromatic heterocycles. The largest absolute Gasteiger partial charge is 0.487 e. The van der Waals surface area contributed by atoms with Crippen LogP contribution in [0.2, 0.25) is 0 Å². The number of amides is 2. The molecular weight excluding hydrogens is 989 g/mol. The lowest BCUT2D eigenvalue weighted by Crippen LogP contribution is -2.51. The molecule has 0 spiro atoms. The molecule has 0 bridgehead atoms. The number of carboxylic acids is 1. The van der Waals surface area contributed by atoms with Gasteiger partial charge >= 0.3 is 12.1 Å². The fraction of sp³-hybridized carbons (Fsp3) is 0.453. The lowest BCUT2D eigenvalue weighted by Gasteiger charge is -2.22. The maximum absolute atomic E-state index is 13.8. The molecular formula is C53H68N8O11S2. The average Bonchev–Trinajstić information content (AvgIpc) is 3.97. The van der Waals surface area contributed by atoms with E-state index < -0.39 is 61.3 Å². The Balaban J connectivity index is 0.945. The van der Waals surface area contributed by atoms with Crippen LogP contribution in [0.1, 0.15) is 115 Å². The summed E-state index contributed by atoms with van der Waals surface area (Å²) in [7, 11) is -8.07. The van der Waals surface area contributed by atoms with Crippen LogP contribution in [-0.4, -0.2) is 95.6 Å². The van der Waals surface area contributed by atoms with Crippen LogP contribution >= 0.6 is 0 Å². The molecule has 7 N–H and O–H groups in total. The number of nitrogens with one attached hydrogen (secondary N) is 6. The molecule has 0 saturated carbocycles. The van der Waals surface area contributed by atoms with Crippen molar-refractivity contribution in [2.75, 3.05) is 19.7 Å². The summed E-state index contributed by atoms with van der Waals surface area (Å²) in [6.45, 7) is 18.6. The Hall–Kier alpha value is -6.55. The van der Waals surface area contributed by atoms with Crippen molar-refractivity contribution < 1.29 is 50.5 Å². The molecule has 19 nitrogen and oxygen atoms in total. The van der Waals surface area contributed by atoms with Gasteiger partial charge in [-0.3, -0.25) is 25.6 Å². The summed E-state index contributed by atoms with van der Waals surface area (Å²) in [5.74, 6) is -0.907. The third-order valence-electron chi connectivity index (χ3n) is 13.9. The number of carbonyl (C=O) groups is 3. The zero-order chi connectivity index (χ0) is 53.9. The molecule has 0 unspecified atom stereocenters. The molecule has 2 atom stereocenters. The Labute approximate surface area is 433 Å². The van der Waals surface area contributed by atoms with E-state index in [0.717, 1.165) is 50.8 Å². The van der Waals surface area contributed by atoms with Gasteiger partial charge in [-0.1, -0.05) is 48.5 Å². The van der Waals surface area contributed by atoms with Crippen LogP contribution in [-0.2, 0) is 47.2 Å². The number of hydrogen-bond acceptors (Lipinski definition) is 12. The zero-order valence-electron chi connectivity index (χ0n) is 43.6. The smallest absolute Gasteiger partial charge is 0.407 e. The minimum Gasteiger partial charge on any atom is -0.487 e. The van der Waals surface area contributed by atoms with Crippen molar-refractivity contribution in [3.05, 3.63) is 104 Å². The molecule has 4 aromatic rings. The van der Waals surface area contributed by atoms with E-state index in [1.165, 1.54) is 6.34 Å². The topological polar surface area (TPSA) is 264 Å². The minimum atomic E-state index is -4.04. The second-order valence-electron chi connectivity index (χ2n) is 20.4. The van der Waals surface area contributed by atoms with E-state index in [0.29, 0.717) is 46.6 Å². The van der Waals surface area contributed by atoms with E-state index in [2.05, 4.69) is 41.1 Å². The first-order valence-corrected chi connectivity index (χ1v) is 27.6. The van der Waals surface area contributed by atoms with Crippen LogP contribution in [0.4, 0.5) is 4.79 Å². The normalized spacial score (nSPS) is 16.1. The highest BCUT2D eigenvalue weighted by atomic mass is 32.2. The maximum atomic E-state index is 13.8. The molecule has 3 aliphatic rings. The van der Waals surface area contributed by atoms with E-state index >= 15 is 0 Å². The van der Waals surface area contributed by atoms with Gasteiger partial charge in [-0.25, -0.2) is 26.4 Å². The molecule has 7 rings (SSSR count). The fourth-order valence-corrected chi connectivity index (χ4v) is 13.0. The van der Waals surface area contributed by atoms with E-state index in [1.54, 1.807) is 27.7 Å². The first-order valence-electron chi connectivity index (χ1n) is 24.6. The van der Waals surface area contributed by atoms with Crippen LogP contribution in [0.25, 0.3) is 11.1 Å². The summed E-state index contributed by atoms with van der Waals surface area (Å²) in [5.41, 5.74) is 13.8. The van der Waals surface area contributed by atoms with Crippen molar-refractivity contribution in [2.24, 2.45) is 9.98 Å². The predicted octanol–water partition coefficient (Wildman–Crippen LogP) is 6.32. The van der Waals surface area contributed by atoms with E-state index in [4.69, 9.17) is 14.2 Å². The first kappa shape index (κ1) is 55.2. The van der Waals surface area contributed by atoms with E-state index in [1.807, 2.05) is 90.1 Å². The van der Waals surface area contributed by atoms with E-state index in [-0.39, 0.29) is 61.1 Å². The summed E-state index contributed by atoms with van der Waals surface area (Å²) >= 11 is 0. The van der Waals surface area contributed by atoms with Crippen LogP contribution in [0.15, 0.2) is 68.3 Å². The third-order valence-corrected chi connectivity index (χ3v) is 17.0. The summed E-state index contributed by atoms with van der Waals surface area (Å²) < 4.78 is 72.0. The van der Waals surface area contributed by atoms with E-state index in [9.17, 15) is 36.3 Å². The fourth-order valence-electron chi connectivity index (χ4n) is 10.2. The monoisotopic (exact) mass is 1060 g/mol. The van der Waals surface area contributed by atoms with Crippen molar-refractivity contribution in [1.82, 2.24) is 31.1 Å². The average molecular weight is 1060 g/mol. The van der Waals surface area contributed by atoms with Gasteiger partial charge in [0, 0.05) is 43.0 Å². The van der Waals surface area contributed by atoms with Crippen molar-refractivity contribution in [3.8, 4) is 22.6 Å². The van der Waals surface area contributed by atoms with Gasteiger partial charge in [-0.05, 0) is 151 Å². The molecule has 21 heteroatoms. The molecule has 2 amide bonds. The molecule has 74 heavy (non-hydrogen) atoms. The van der Waals surface area contributed by atoms with Crippen LogP contribution in [0.3, 0.4) is 0 Å². The Morgan fingerprint density at radius 2 is 1.09 bits per heavy atom. The van der Waals surface area contributed by atoms with Crippen molar-refractivity contribution >= 4 is 50.7 Å². The van der Waals surface area contributed by atoms with Crippen molar-refractivity contribution in [1.29, 1.82) is 0 Å². The highest BCUT2D eigenvalue weighted by Gasteiger charge is 2.38. The Bertz CT molecular complexity index is 3090. The first-order chi connectivity index (χ1) is 34.8. The zero-order valence-corrected chi connectivity index (χ0v) is 45.2. The standard InChI is InChI=1S/C53H68N8O11S2/c1-30-32(3)47(34(5)40-25-52(7,8)71-45(30)40)73(66,67)60-56-28-54-23-15-21-43(59-51(65)70-27-42-38-19-13-11-17-36(38)37-18-12-14-20-39(37)42)49(62)58-44(50(63)64)22-16-24-55-29-57-61-74(68,69)48-33(4)31(2)46-41(35(48)6)26-53(9,10)72-46/h11-14,17-20,28-29,42-44,60-61H,15-16,21-27H2,1-10H3,(H,54,56)(H,55,57)(H,58,62)(H,59,65)(H,63,64)/t43-,44-/m0/s1. The van der Waals surface area contributed by atoms with Gasteiger partial charge < -0.3 is 30.0 Å². The second-order valence-corrected chi connectivity index (χ2v) is 23.6. The maximum Gasteiger partial charge on any atom is 0.407 e. The number of hydrazine groups is 2. The molecule has 0 fully saturated rings. The van der Waals surface area contributed by atoms with Gasteiger partial charge in [0.1, 0.15) is 41.4 Å². The molecule has 2 heterocycles. The Morgan fingerprint density at radius 3 is 1.54 bits per heavy atom. The molecule has 398 valence electrons. The minimum absolute atomic E-state index is 0.0123. The highest BCUT2D eigenvalue weighted by Crippen LogP contribution is 2.46. The number of aliphatic carboxylic acids is 1. The molecule has 1 aliphatic carbocycles. The Morgan fingerprint density at radius 1 is 0.662 bits per heavy atom. The lowest BCUT2D eigenvalue weighted by molar-refractivity contribution is -0.142. The SMILES string of the molecule is Cc1c(C)c(S(=O)(=O)NNC=NCCC[C@H](NC(=O)[C@H](CCCN=CNNS(=O)(=O)c2c(C)c(C)c3c(c2C)CC(C)(C)O3)NC(=O)OCC2c3ccccc3-c3ccccc32)C(=O)O)c(C)c2c1OC(C)(C)C2. The van der Waals surface area contributed by atoms with Gasteiger partial charge in [-0.15, -0.1) is 9.66 Å². The summed E-state index contributed by atoms with van der Waals surface area (Å²) in [5, 5.41) is 15.3. The van der Waals surface area contributed by atoms with Crippen molar-refractivity contribution in [2.45, 2.75) is 147 Å². The number of fused-ring (bicyclic) bond motifs is 5.